The molecule has 0 heterocycles. The summed E-state index contributed by atoms with van der Waals surface area (Å²) in [6, 6.07) is 0. The lowest BCUT2D eigenvalue weighted by Gasteiger charge is -2.21. The van der Waals surface area contributed by atoms with Gasteiger partial charge in [0, 0.05) is 0 Å². The van der Waals surface area contributed by atoms with Crippen LogP contribution in [0.2, 0.25) is 0 Å². The fraction of sp³-hybridized carbons (Fsp3) is 0.875. The molecule has 8 heavy (non-hydrogen) atoms. The molecule has 0 heteroatoms. The summed E-state index contributed by atoms with van der Waals surface area (Å²) in [5, 5.41) is 0. The van der Waals surface area contributed by atoms with Crippen LogP contribution < -0.4 is 0 Å². The lowest BCUT2D eigenvalue weighted by atomic mass is 9.91. The highest BCUT2D eigenvalue weighted by Crippen LogP contribution is 2.16. The van der Waals surface area contributed by atoms with Crippen molar-refractivity contribution < 1.29 is 0 Å². The monoisotopic (exact) mass is 113 g/mol. The first-order valence-corrected chi connectivity index (χ1v) is 3.55. The van der Waals surface area contributed by atoms with Crippen molar-refractivity contribution in [3.63, 3.8) is 0 Å². The molecule has 0 aliphatic heterocycles. The molecule has 0 bridgehead atoms. The van der Waals surface area contributed by atoms with Crippen molar-refractivity contribution in [3.05, 3.63) is 6.92 Å². The zero-order chi connectivity index (χ0) is 6.57. The highest BCUT2D eigenvalue weighted by molar-refractivity contribution is 4.63. The molecule has 0 spiro atoms. The second-order valence-electron chi connectivity index (χ2n) is 2.55. The molecule has 0 fully saturated rings. The Hall–Kier alpha value is 0. The molecule has 0 radical (unpaired) electrons. The minimum atomic E-state index is 0.630. The standard InChI is InChI=1S/C8H17/c1-5-8(6-2)7(3)4/h7-8H,3,5-6H2,1-2,4H3/q-1. The summed E-state index contributed by atoms with van der Waals surface area (Å²) in [4.78, 5) is 0. The Morgan fingerprint density at radius 3 is 1.62 bits per heavy atom. The van der Waals surface area contributed by atoms with E-state index in [0.29, 0.717) is 5.92 Å². The van der Waals surface area contributed by atoms with Crippen molar-refractivity contribution in [1.29, 1.82) is 0 Å². The number of hydrogen-bond acceptors (Lipinski definition) is 0. The van der Waals surface area contributed by atoms with E-state index in [1.165, 1.54) is 12.8 Å². The number of hydrogen-bond donors (Lipinski definition) is 0. The molecule has 0 N–H and O–H groups in total. The molecule has 0 saturated heterocycles. The van der Waals surface area contributed by atoms with E-state index in [-0.39, 0.29) is 0 Å². The van der Waals surface area contributed by atoms with Crippen molar-refractivity contribution in [1.82, 2.24) is 0 Å². The van der Waals surface area contributed by atoms with Gasteiger partial charge in [0.15, 0.2) is 0 Å². The van der Waals surface area contributed by atoms with E-state index in [4.69, 9.17) is 0 Å². The Labute approximate surface area is 53.3 Å². The van der Waals surface area contributed by atoms with Crippen molar-refractivity contribution in [3.8, 4) is 0 Å². The highest BCUT2D eigenvalue weighted by Gasteiger charge is 2.00. The van der Waals surface area contributed by atoms with Crippen LogP contribution in [0.1, 0.15) is 33.6 Å². The van der Waals surface area contributed by atoms with Crippen LogP contribution >= 0.6 is 0 Å². The molecule has 0 amide bonds. The van der Waals surface area contributed by atoms with Crippen LogP contribution in [0.3, 0.4) is 0 Å². The molecule has 0 aliphatic rings. The van der Waals surface area contributed by atoms with Gasteiger partial charge in [0.2, 0.25) is 0 Å². The maximum atomic E-state index is 3.98. The largest absolute Gasteiger partial charge is 0.340 e. The van der Waals surface area contributed by atoms with Gasteiger partial charge in [0.25, 0.3) is 0 Å². The maximum Gasteiger partial charge on any atom is -0.0555 e. The van der Waals surface area contributed by atoms with Gasteiger partial charge in [-0.05, 0) is 0 Å². The third-order valence-corrected chi connectivity index (χ3v) is 1.85. The van der Waals surface area contributed by atoms with Gasteiger partial charge in [-0.1, -0.05) is 39.5 Å². The van der Waals surface area contributed by atoms with E-state index < -0.39 is 0 Å². The summed E-state index contributed by atoms with van der Waals surface area (Å²) in [5.41, 5.74) is 0. The average molecular weight is 113 g/mol. The van der Waals surface area contributed by atoms with Crippen LogP contribution in [0.25, 0.3) is 0 Å². The third-order valence-electron chi connectivity index (χ3n) is 1.85. The topological polar surface area (TPSA) is 0 Å². The Morgan fingerprint density at radius 1 is 1.25 bits per heavy atom. The SMILES string of the molecule is [CH2-]C(C)C(CC)CC. The Kier molecular flexibility index (Phi) is 3.94. The van der Waals surface area contributed by atoms with Gasteiger partial charge in [-0.15, -0.1) is 0 Å². The van der Waals surface area contributed by atoms with E-state index in [1.807, 2.05) is 0 Å². The minimum Gasteiger partial charge on any atom is -0.340 e. The molecular weight excluding hydrogens is 96.1 g/mol. The minimum absolute atomic E-state index is 0.630. The first-order valence-electron chi connectivity index (χ1n) is 3.55. The van der Waals surface area contributed by atoms with Gasteiger partial charge >= 0.3 is 0 Å². The van der Waals surface area contributed by atoms with Gasteiger partial charge < -0.3 is 6.92 Å². The van der Waals surface area contributed by atoms with Crippen LogP contribution in [0.5, 0.6) is 0 Å². The van der Waals surface area contributed by atoms with Crippen molar-refractivity contribution in [2.75, 3.05) is 0 Å². The van der Waals surface area contributed by atoms with Crippen LogP contribution in [-0.4, -0.2) is 0 Å². The zero-order valence-corrected chi connectivity index (χ0v) is 6.28. The van der Waals surface area contributed by atoms with E-state index in [1.54, 1.807) is 0 Å². The summed E-state index contributed by atoms with van der Waals surface area (Å²) in [7, 11) is 0. The lowest BCUT2D eigenvalue weighted by molar-refractivity contribution is 0.392. The molecule has 0 aromatic rings. The molecule has 0 aliphatic carbocycles. The predicted octanol–water partition coefficient (Wildman–Crippen LogP) is 2.89. The van der Waals surface area contributed by atoms with Crippen LogP contribution in [0.4, 0.5) is 0 Å². The van der Waals surface area contributed by atoms with Gasteiger partial charge in [-0.25, -0.2) is 0 Å². The quantitative estimate of drug-likeness (QED) is 0.494. The van der Waals surface area contributed by atoms with Crippen molar-refractivity contribution >= 4 is 0 Å². The van der Waals surface area contributed by atoms with E-state index in [2.05, 4.69) is 27.7 Å². The summed E-state index contributed by atoms with van der Waals surface area (Å²) < 4.78 is 0. The average Bonchev–Trinajstić information content (AvgIpc) is 1.69. The first-order chi connectivity index (χ1) is 3.72. The van der Waals surface area contributed by atoms with E-state index in [9.17, 15) is 0 Å². The number of rotatable bonds is 3. The summed E-state index contributed by atoms with van der Waals surface area (Å²) in [6.07, 6.45) is 2.56. The highest BCUT2D eigenvalue weighted by atomic mass is 14.1. The van der Waals surface area contributed by atoms with Crippen LogP contribution in [0, 0.1) is 18.8 Å². The zero-order valence-electron chi connectivity index (χ0n) is 6.28. The Bertz CT molecular complexity index is 42.0. The van der Waals surface area contributed by atoms with E-state index in [0.717, 1.165) is 5.92 Å². The molecule has 1 unspecified atom stereocenters. The second kappa shape index (κ2) is 3.94. The maximum absolute atomic E-state index is 3.98. The molecule has 0 nitrogen and oxygen atoms in total. The van der Waals surface area contributed by atoms with Crippen LogP contribution in [0.15, 0.2) is 0 Å². The fourth-order valence-electron chi connectivity index (χ4n) is 1.09. The van der Waals surface area contributed by atoms with Gasteiger partial charge in [-0.2, -0.15) is 5.92 Å². The third kappa shape index (κ3) is 2.34. The molecule has 1 atom stereocenters. The summed E-state index contributed by atoms with van der Waals surface area (Å²) in [5.74, 6) is 1.47. The lowest BCUT2D eigenvalue weighted by Crippen LogP contribution is -2.05. The Morgan fingerprint density at radius 2 is 1.62 bits per heavy atom. The molecule has 0 saturated carbocycles. The molecule has 0 aromatic heterocycles. The van der Waals surface area contributed by atoms with Crippen LogP contribution in [-0.2, 0) is 0 Å². The molecule has 0 aromatic carbocycles. The molecular formula is C8H17-. The van der Waals surface area contributed by atoms with E-state index >= 15 is 0 Å². The summed E-state index contributed by atoms with van der Waals surface area (Å²) in [6.45, 7) is 10.6. The fourth-order valence-corrected chi connectivity index (χ4v) is 1.09. The molecule has 0 rings (SSSR count). The first kappa shape index (κ1) is 8.00. The van der Waals surface area contributed by atoms with Gasteiger partial charge in [0.05, 0.1) is 0 Å². The van der Waals surface area contributed by atoms with Crippen molar-refractivity contribution in [2.45, 2.75) is 33.6 Å². The second-order valence-corrected chi connectivity index (χ2v) is 2.55. The van der Waals surface area contributed by atoms with Crippen molar-refractivity contribution in [2.24, 2.45) is 11.8 Å². The summed E-state index contributed by atoms with van der Waals surface area (Å²) >= 11 is 0. The van der Waals surface area contributed by atoms with Gasteiger partial charge in [-0.3, -0.25) is 0 Å². The molecule has 50 valence electrons. The normalized spacial score (nSPS) is 14.6. The predicted molar refractivity (Wildman–Crippen MR) is 38.6 cm³/mol. The smallest absolute Gasteiger partial charge is 0.0555 e. The van der Waals surface area contributed by atoms with Gasteiger partial charge in [0.1, 0.15) is 0 Å². The Balaban J connectivity index is 3.35.